The summed E-state index contributed by atoms with van der Waals surface area (Å²) in [5.41, 5.74) is 0. The first-order chi connectivity index (χ1) is 7.25. The molecule has 1 aromatic rings. The smallest absolute Gasteiger partial charge is 0.236 e. The molecule has 1 amide bonds. The summed E-state index contributed by atoms with van der Waals surface area (Å²) >= 11 is 0. The van der Waals surface area contributed by atoms with Crippen LogP contribution in [0.25, 0.3) is 0 Å². The zero-order valence-corrected chi connectivity index (χ0v) is 8.96. The molecule has 0 N–H and O–H groups in total. The van der Waals surface area contributed by atoms with Gasteiger partial charge in [-0.3, -0.25) is 14.4 Å². The van der Waals surface area contributed by atoms with E-state index in [4.69, 9.17) is 0 Å². The summed E-state index contributed by atoms with van der Waals surface area (Å²) in [4.78, 5) is 15.6. The Bertz CT molecular complexity index is 322. The molecule has 0 aliphatic carbocycles. The maximum absolute atomic E-state index is 11.6. The fourth-order valence-corrected chi connectivity index (χ4v) is 1.72. The second-order valence-electron chi connectivity index (χ2n) is 3.89. The molecule has 2 heterocycles. The Kier molecular flexibility index (Phi) is 3.01. The molecule has 5 heteroatoms. The van der Waals surface area contributed by atoms with Crippen LogP contribution in [-0.2, 0) is 11.3 Å². The largest absolute Gasteiger partial charge is 0.338 e. The van der Waals surface area contributed by atoms with Gasteiger partial charge in [-0.25, -0.2) is 0 Å². The molecule has 0 aromatic carbocycles. The number of nitrogens with zero attached hydrogens (tertiary/aromatic N) is 4. The first-order valence-corrected chi connectivity index (χ1v) is 5.19. The lowest BCUT2D eigenvalue weighted by molar-refractivity contribution is -0.135. The molecule has 2 rings (SSSR count). The van der Waals surface area contributed by atoms with Crippen LogP contribution in [0.1, 0.15) is 0 Å². The maximum Gasteiger partial charge on any atom is 0.236 e. The maximum atomic E-state index is 11.6. The van der Waals surface area contributed by atoms with Crippen LogP contribution in [0.2, 0.25) is 0 Å². The van der Waals surface area contributed by atoms with Crippen LogP contribution in [0, 0.1) is 0 Å². The van der Waals surface area contributed by atoms with Gasteiger partial charge in [0.05, 0.1) is 13.1 Å². The van der Waals surface area contributed by atoms with Crippen molar-refractivity contribution < 1.29 is 4.79 Å². The minimum absolute atomic E-state index is 0.218. The highest BCUT2D eigenvalue weighted by molar-refractivity contribution is 5.78. The summed E-state index contributed by atoms with van der Waals surface area (Å²) in [6.07, 6.45) is 3.67. The van der Waals surface area contributed by atoms with Crippen LogP contribution < -0.4 is 0 Å². The molecule has 0 radical (unpaired) electrons. The average Bonchev–Trinajstić information content (AvgIpc) is 2.69. The molecule has 1 aliphatic rings. The molecule has 0 bridgehead atoms. The Morgan fingerprint density at radius 1 is 1.40 bits per heavy atom. The van der Waals surface area contributed by atoms with Gasteiger partial charge in [-0.1, -0.05) is 0 Å². The molecule has 1 aromatic heterocycles. The second kappa shape index (κ2) is 4.44. The Morgan fingerprint density at radius 2 is 2.27 bits per heavy atom. The van der Waals surface area contributed by atoms with Crippen molar-refractivity contribution in [2.75, 3.05) is 33.2 Å². The van der Waals surface area contributed by atoms with Gasteiger partial charge in [-0.2, -0.15) is 5.10 Å². The third kappa shape index (κ3) is 2.56. The monoisotopic (exact) mass is 208 g/mol. The molecule has 1 saturated heterocycles. The van der Waals surface area contributed by atoms with E-state index < -0.39 is 0 Å². The number of likely N-dealkylation sites (N-methyl/N-ethyl adjacent to an activating group) is 1. The van der Waals surface area contributed by atoms with Gasteiger partial charge in [-0.15, -0.1) is 0 Å². The summed E-state index contributed by atoms with van der Waals surface area (Å²) in [6.45, 7) is 3.87. The first kappa shape index (κ1) is 10.2. The van der Waals surface area contributed by atoms with Gasteiger partial charge in [0.25, 0.3) is 0 Å². The number of rotatable bonds is 3. The molecule has 5 nitrogen and oxygen atoms in total. The highest BCUT2D eigenvalue weighted by Gasteiger charge is 2.20. The van der Waals surface area contributed by atoms with Gasteiger partial charge in [-0.05, 0) is 13.1 Å². The molecule has 0 atom stereocenters. The summed E-state index contributed by atoms with van der Waals surface area (Å²) in [5.74, 6) is 0.218. The van der Waals surface area contributed by atoms with E-state index in [2.05, 4.69) is 5.10 Å². The Balaban J connectivity index is 1.82. The molecular weight excluding hydrogens is 192 g/mol. The normalized spacial score (nSPS) is 18.5. The molecule has 1 aliphatic heterocycles. The number of aromatic nitrogens is 2. The summed E-state index contributed by atoms with van der Waals surface area (Å²) in [6, 6.07) is 1.89. The van der Waals surface area contributed by atoms with E-state index in [0.29, 0.717) is 6.54 Å². The zero-order chi connectivity index (χ0) is 10.7. The molecule has 82 valence electrons. The molecule has 0 spiro atoms. The van der Waals surface area contributed by atoms with E-state index in [1.54, 1.807) is 6.20 Å². The second-order valence-corrected chi connectivity index (χ2v) is 3.89. The Labute approximate surface area is 89.3 Å². The highest BCUT2D eigenvalue weighted by atomic mass is 16.2. The number of hydrogen-bond acceptors (Lipinski definition) is 3. The minimum atomic E-state index is 0.218. The summed E-state index contributed by atoms with van der Waals surface area (Å²) in [5, 5.41) is 4.11. The first-order valence-electron chi connectivity index (χ1n) is 5.19. The van der Waals surface area contributed by atoms with Crippen LogP contribution in [-0.4, -0.2) is 58.7 Å². The van der Waals surface area contributed by atoms with Crippen LogP contribution in [0.3, 0.4) is 0 Å². The molecule has 1 fully saturated rings. The Morgan fingerprint density at radius 3 is 2.93 bits per heavy atom. The van der Waals surface area contributed by atoms with Gasteiger partial charge in [0, 0.05) is 32.0 Å². The molecule has 0 saturated carbocycles. The van der Waals surface area contributed by atoms with Gasteiger partial charge in [0.2, 0.25) is 5.91 Å². The number of carbonyl (C=O) groups is 1. The fraction of sp³-hybridized carbons (Fsp3) is 0.600. The van der Waals surface area contributed by atoms with Gasteiger partial charge < -0.3 is 4.90 Å². The SMILES string of the molecule is CN1CCN(CCn2cccn2)C(=O)C1. The van der Waals surface area contributed by atoms with Crippen molar-refractivity contribution in [2.45, 2.75) is 6.54 Å². The van der Waals surface area contributed by atoms with Gasteiger partial charge in [0.1, 0.15) is 0 Å². The fourth-order valence-electron chi connectivity index (χ4n) is 1.72. The van der Waals surface area contributed by atoms with E-state index in [-0.39, 0.29) is 5.91 Å². The molecule has 0 unspecified atom stereocenters. The number of piperazine rings is 1. The van der Waals surface area contributed by atoms with E-state index in [0.717, 1.165) is 26.2 Å². The Hall–Kier alpha value is -1.36. The van der Waals surface area contributed by atoms with Crippen LogP contribution >= 0.6 is 0 Å². The molecule has 15 heavy (non-hydrogen) atoms. The van der Waals surface area contributed by atoms with E-state index in [1.807, 2.05) is 33.8 Å². The topological polar surface area (TPSA) is 41.4 Å². The van der Waals surface area contributed by atoms with E-state index >= 15 is 0 Å². The van der Waals surface area contributed by atoms with Crippen LogP contribution in [0.5, 0.6) is 0 Å². The minimum Gasteiger partial charge on any atom is -0.338 e. The highest BCUT2D eigenvalue weighted by Crippen LogP contribution is 2.01. The van der Waals surface area contributed by atoms with Crippen molar-refractivity contribution in [3.05, 3.63) is 18.5 Å². The van der Waals surface area contributed by atoms with Crippen LogP contribution in [0.15, 0.2) is 18.5 Å². The number of amides is 1. The number of hydrogen-bond donors (Lipinski definition) is 0. The summed E-state index contributed by atoms with van der Waals surface area (Å²) in [7, 11) is 1.97. The zero-order valence-electron chi connectivity index (χ0n) is 8.96. The lowest BCUT2D eigenvalue weighted by atomic mass is 10.3. The van der Waals surface area contributed by atoms with Crippen LogP contribution in [0.4, 0.5) is 0 Å². The lowest BCUT2D eigenvalue weighted by Gasteiger charge is -2.32. The molecular formula is C10H16N4O. The summed E-state index contributed by atoms with van der Waals surface area (Å²) < 4.78 is 1.85. The van der Waals surface area contributed by atoms with Crippen molar-refractivity contribution in [1.29, 1.82) is 0 Å². The van der Waals surface area contributed by atoms with E-state index in [1.165, 1.54) is 0 Å². The van der Waals surface area contributed by atoms with Crippen molar-refractivity contribution in [2.24, 2.45) is 0 Å². The van der Waals surface area contributed by atoms with Crippen molar-refractivity contribution >= 4 is 5.91 Å². The standard InChI is InChI=1S/C10H16N4O/c1-12-5-6-13(10(15)9-12)7-8-14-4-2-3-11-14/h2-4H,5-9H2,1H3. The third-order valence-corrected chi connectivity index (χ3v) is 2.67. The van der Waals surface area contributed by atoms with Crippen molar-refractivity contribution in [1.82, 2.24) is 19.6 Å². The van der Waals surface area contributed by atoms with E-state index in [9.17, 15) is 4.79 Å². The number of carbonyl (C=O) groups excluding carboxylic acids is 1. The van der Waals surface area contributed by atoms with Crippen molar-refractivity contribution in [3.8, 4) is 0 Å². The van der Waals surface area contributed by atoms with Crippen molar-refractivity contribution in [3.63, 3.8) is 0 Å². The predicted octanol–water partition coefficient (Wildman–Crippen LogP) is -0.343. The third-order valence-electron chi connectivity index (χ3n) is 2.67. The predicted molar refractivity (Wildman–Crippen MR) is 56.3 cm³/mol. The van der Waals surface area contributed by atoms with Gasteiger partial charge in [0.15, 0.2) is 0 Å². The quantitative estimate of drug-likeness (QED) is 0.682. The van der Waals surface area contributed by atoms with Gasteiger partial charge >= 0.3 is 0 Å². The average molecular weight is 208 g/mol. The lowest BCUT2D eigenvalue weighted by Crippen LogP contribution is -2.49.